The van der Waals surface area contributed by atoms with Crippen molar-refractivity contribution in [3.05, 3.63) is 95.1 Å². The number of rotatable bonds is 11. The van der Waals surface area contributed by atoms with Crippen LogP contribution < -0.4 is 10.1 Å². The van der Waals surface area contributed by atoms with Gasteiger partial charge in [-0.15, -0.1) is 0 Å². The molecule has 50 heavy (non-hydrogen) atoms. The number of benzene rings is 3. The van der Waals surface area contributed by atoms with Gasteiger partial charge >= 0.3 is 0 Å². The van der Waals surface area contributed by atoms with E-state index in [1.807, 2.05) is 12.1 Å². The fourth-order valence-corrected chi connectivity index (χ4v) is 7.06. The van der Waals surface area contributed by atoms with Gasteiger partial charge in [0.15, 0.2) is 6.29 Å². The van der Waals surface area contributed by atoms with Crippen LogP contribution in [-0.2, 0) is 14.2 Å². The van der Waals surface area contributed by atoms with Gasteiger partial charge in [0.1, 0.15) is 54.0 Å². The number of aliphatic hydroxyl groups is 7. The van der Waals surface area contributed by atoms with Crippen LogP contribution in [0.3, 0.4) is 0 Å². The zero-order valence-electron chi connectivity index (χ0n) is 27.0. The number of ether oxygens (including phenoxy) is 4. The molecular formula is C36H43F2NO11. The Morgan fingerprint density at radius 2 is 1.52 bits per heavy atom. The number of anilines is 1. The summed E-state index contributed by atoms with van der Waals surface area (Å²) in [6.07, 6.45) is -12.2. The lowest BCUT2D eigenvalue weighted by molar-refractivity contribution is -0.340. The Morgan fingerprint density at radius 3 is 2.22 bits per heavy atom. The molecule has 0 bridgehead atoms. The summed E-state index contributed by atoms with van der Waals surface area (Å²) in [6, 6.07) is 17.5. The number of nitrogens with one attached hydrogen (secondary N) is 1. The van der Waals surface area contributed by atoms with Gasteiger partial charge in [0.25, 0.3) is 0 Å². The van der Waals surface area contributed by atoms with Crippen LogP contribution in [-0.4, -0.2) is 111 Å². The van der Waals surface area contributed by atoms with Crippen LogP contribution in [0.5, 0.6) is 5.75 Å². The fourth-order valence-electron chi connectivity index (χ4n) is 7.06. The second kappa shape index (κ2) is 15.9. The third kappa shape index (κ3) is 7.95. The Balaban J connectivity index is 1.13. The van der Waals surface area contributed by atoms with E-state index in [-0.39, 0.29) is 29.9 Å². The van der Waals surface area contributed by atoms with Gasteiger partial charge in [-0.05, 0) is 77.9 Å². The van der Waals surface area contributed by atoms with Crippen LogP contribution in [0.2, 0.25) is 0 Å². The van der Waals surface area contributed by atoms with Gasteiger partial charge in [-0.25, -0.2) is 8.78 Å². The van der Waals surface area contributed by atoms with Crippen molar-refractivity contribution in [1.29, 1.82) is 0 Å². The molecule has 0 spiro atoms. The minimum absolute atomic E-state index is 0.0195. The number of halogens is 2. The molecule has 3 aliphatic heterocycles. The number of aliphatic hydroxyl groups excluding tert-OH is 7. The molecule has 2 fully saturated rings. The van der Waals surface area contributed by atoms with Gasteiger partial charge in [-0.3, -0.25) is 0 Å². The van der Waals surface area contributed by atoms with E-state index in [9.17, 15) is 44.5 Å². The van der Waals surface area contributed by atoms with Crippen molar-refractivity contribution in [3.63, 3.8) is 0 Å². The lowest BCUT2D eigenvalue weighted by Crippen LogP contribution is -2.62. The Bertz CT molecular complexity index is 1550. The van der Waals surface area contributed by atoms with Crippen molar-refractivity contribution in [3.8, 4) is 5.75 Å². The first kappa shape index (κ1) is 36.5. The normalized spacial score (nSPS) is 33.3. The molecule has 0 saturated carbocycles. The van der Waals surface area contributed by atoms with E-state index in [0.29, 0.717) is 30.7 Å². The Kier molecular flexibility index (Phi) is 11.6. The molecule has 9 unspecified atom stereocenters. The van der Waals surface area contributed by atoms with Crippen LogP contribution in [0.4, 0.5) is 14.5 Å². The van der Waals surface area contributed by atoms with E-state index in [0.717, 1.165) is 16.8 Å². The minimum Gasteiger partial charge on any atom is -0.465 e. The van der Waals surface area contributed by atoms with Gasteiger partial charge < -0.3 is 60.0 Å². The maximum absolute atomic E-state index is 14.5. The second-order valence-corrected chi connectivity index (χ2v) is 13.1. The Labute approximate surface area is 287 Å². The van der Waals surface area contributed by atoms with E-state index in [1.165, 1.54) is 24.3 Å². The molecule has 8 N–H and O–H groups in total. The molecule has 3 aromatic rings. The summed E-state index contributed by atoms with van der Waals surface area (Å²) in [5.74, 6) is -0.597. The van der Waals surface area contributed by atoms with E-state index < -0.39 is 74.6 Å². The van der Waals surface area contributed by atoms with Crippen LogP contribution in [0, 0.1) is 17.6 Å². The zero-order valence-corrected chi connectivity index (χ0v) is 27.0. The molecule has 2 saturated heterocycles. The third-order valence-corrected chi connectivity index (χ3v) is 9.77. The molecule has 0 amide bonds. The van der Waals surface area contributed by atoms with Crippen LogP contribution in [0.15, 0.2) is 66.7 Å². The van der Waals surface area contributed by atoms with Crippen LogP contribution >= 0.6 is 0 Å². The van der Waals surface area contributed by atoms with Crippen molar-refractivity contribution in [2.24, 2.45) is 5.92 Å². The minimum atomic E-state index is -1.70. The largest absolute Gasteiger partial charge is 0.465 e. The highest BCUT2D eigenvalue weighted by Crippen LogP contribution is 2.43. The summed E-state index contributed by atoms with van der Waals surface area (Å²) < 4.78 is 50.9. The number of fused-ring (bicyclic) bond motifs is 1. The highest BCUT2D eigenvalue weighted by Gasteiger charge is 2.48. The monoisotopic (exact) mass is 703 g/mol. The average Bonchev–Trinajstić information content (AvgIpc) is 3.12. The van der Waals surface area contributed by atoms with Crippen LogP contribution in [0.1, 0.15) is 48.0 Å². The van der Waals surface area contributed by atoms with E-state index in [2.05, 4.69) is 5.32 Å². The molecule has 12 nitrogen and oxygen atoms in total. The maximum atomic E-state index is 14.5. The molecule has 0 aliphatic carbocycles. The molecule has 0 radical (unpaired) electrons. The van der Waals surface area contributed by atoms with E-state index >= 15 is 0 Å². The number of hydrogen-bond acceptors (Lipinski definition) is 12. The van der Waals surface area contributed by atoms with Crippen molar-refractivity contribution in [2.75, 3.05) is 25.1 Å². The van der Waals surface area contributed by atoms with Crippen molar-refractivity contribution in [1.82, 2.24) is 0 Å². The first-order chi connectivity index (χ1) is 24.1. The molecular weight excluding hydrogens is 660 g/mol. The predicted octanol–water partition coefficient (Wildman–Crippen LogP) is 1.68. The molecule has 12 atom stereocenters. The quantitative estimate of drug-likeness (QED) is 0.145. The summed E-state index contributed by atoms with van der Waals surface area (Å²) >= 11 is 0. The molecule has 3 aliphatic rings. The number of hydrogen-bond donors (Lipinski definition) is 8. The van der Waals surface area contributed by atoms with E-state index in [1.54, 1.807) is 30.3 Å². The summed E-state index contributed by atoms with van der Waals surface area (Å²) in [5, 5.41) is 75.1. The zero-order chi connectivity index (χ0) is 35.5. The second-order valence-electron chi connectivity index (χ2n) is 13.1. The Hall–Kier alpha value is -3.28. The van der Waals surface area contributed by atoms with Gasteiger partial charge in [0.05, 0.1) is 25.4 Å². The molecule has 14 heteroatoms. The lowest BCUT2D eigenvalue weighted by Gasteiger charge is -2.44. The summed E-state index contributed by atoms with van der Waals surface area (Å²) in [6.45, 7) is -0.670. The lowest BCUT2D eigenvalue weighted by atomic mass is 9.75. The first-order valence-electron chi connectivity index (χ1n) is 16.7. The smallest absolute Gasteiger partial charge is 0.202 e. The topological polar surface area (TPSA) is 191 Å². The average molecular weight is 704 g/mol. The molecule has 6 rings (SSSR count). The third-order valence-electron chi connectivity index (χ3n) is 9.77. The highest BCUT2D eigenvalue weighted by atomic mass is 19.1. The molecule has 3 aromatic carbocycles. The fraction of sp³-hybridized carbons (Fsp3) is 0.500. The van der Waals surface area contributed by atoms with Crippen molar-refractivity contribution in [2.45, 2.75) is 86.6 Å². The predicted molar refractivity (Wildman–Crippen MR) is 173 cm³/mol. The summed E-state index contributed by atoms with van der Waals surface area (Å²) in [5.41, 5.74) is 3.09. The van der Waals surface area contributed by atoms with Gasteiger partial charge in [-0.2, -0.15) is 0 Å². The van der Waals surface area contributed by atoms with E-state index in [4.69, 9.17) is 18.9 Å². The summed E-state index contributed by atoms with van der Waals surface area (Å²) in [4.78, 5) is 0. The molecule has 3 heterocycles. The maximum Gasteiger partial charge on any atom is 0.202 e. The van der Waals surface area contributed by atoms with Gasteiger partial charge in [0, 0.05) is 24.6 Å². The SMILES string of the molecule is OCC1OC(OC2C(O)CC(Oc3ccc([C@H]4c5cc(F)ccc5NC[C@@H]4CC[C@H](O)c4ccc(F)cc4)cc3)OC2CO)C(O)C(O)C1O. The molecule has 272 valence electrons. The summed E-state index contributed by atoms with van der Waals surface area (Å²) in [7, 11) is 0. The van der Waals surface area contributed by atoms with Crippen LogP contribution in [0.25, 0.3) is 0 Å². The Morgan fingerprint density at radius 1 is 0.820 bits per heavy atom. The standard InChI is InChI=1S/C36H43F2NO11/c37-21-6-1-18(2-7-21)26(42)12-5-20-15-39-25-11-8-22(38)13-24(25)31(20)19-3-9-23(10-4-19)47-30-14-27(43)35(29(17-41)48-30)50-36-34(46)33(45)32(44)28(16-40)49-36/h1-4,6-11,13,20,26-36,39-46H,5,12,14-17H2/t20-,26-,27?,28?,29?,30?,31+,32?,33?,34?,35?,36?/m0/s1. The van der Waals surface area contributed by atoms with Gasteiger partial charge in [-0.1, -0.05) is 24.3 Å². The van der Waals surface area contributed by atoms with Crippen molar-refractivity contribution < 1.29 is 63.5 Å². The first-order valence-corrected chi connectivity index (χ1v) is 16.7. The highest BCUT2D eigenvalue weighted by molar-refractivity contribution is 5.58. The molecule has 0 aromatic heterocycles. The van der Waals surface area contributed by atoms with Crippen molar-refractivity contribution >= 4 is 5.69 Å². The van der Waals surface area contributed by atoms with Gasteiger partial charge in [0.2, 0.25) is 6.29 Å².